The minimum absolute atomic E-state index is 0.147. The summed E-state index contributed by atoms with van der Waals surface area (Å²) in [6, 6.07) is 3.11. The molecule has 1 heterocycles. The van der Waals surface area contributed by atoms with E-state index >= 15 is 0 Å². The second-order valence-electron chi connectivity index (χ2n) is 5.41. The van der Waals surface area contributed by atoms with E-state index in [0.29, 0.717) is 32.1 Å². The summed E-state index contributed by atoms with van der Waals surface area (Å²) in [6.45, 7) is 3.79. The molecule has 1 atom stereocenters. The van der Waals surface area contributed by atoms with E-state index in [0.717, 1.165) is 16.9 Å². The van der Waals surface area contributed by atoms with Gasteiger partial charge in [0.25, 0.3) is 0 Å². The lowest BCUT2D eigenvalue weighted by atomic mass is 10.1. The fraction of sp³-hybridized carbons (Fsp3) is 0.562. The molecule has 6 nitrogen and oxygen atoms in total. The van der Waals surface area contributed by atoms with Gasteiger partial charge in [0.05, 0.1) is 13.2 Å². The third kappa shape index (κ3) is 5.07. The summed E-state index contributed by atoms with van der Waals surface area (Å²) in [5, 5.41) is 6.42. The van der Waals surface area contributed by atoms with Gasteiger partial charge in [0.2, 0.25) is 0 Å². The maximum absolute atomic E-state index is 13.7. The smallest absolute Gasteiger partial charge is 0.191 e. The third-order valence-corrected chi connectivity index (χ3v) is 3.46. The SMILES string of the molecule is CN=C(NCCc1cc(F)cc2c1OCOC2)NC(C)COC. The molecule has 1 unspecified atom stereocenters. The van der Waals surface area contributed by atoms with E-state index < -0.39 is 0 Å². The van der Waals surface area contributed by atoms with Crippen LogP contribution in [0.2, 0.25) is 0 Å². The Labute approximate surface area is 136 Å². The minimum Gasteiger partial charge on any atom is -0.467 e. The number of halogens is 1. The monoisotopic (exact) mass is 325 g/mol. The number of hydrogen-bond acceptors (Lipinski definition) is 4. The zero-order valence-corrected chi connectivity index (χ0v) is 13.8. The van der Waals surface area contributed by atoms with Crippen LogP contribution in [0.3, 0.4) is 0 Å². The second-order valence-corrected chi connectivity index (χ2v) is 5.41. The van der Waals surface area contributed by atoms with Crippen molar-refractivity contribution in [3.05, 3.63) is 29.1 Å². The molecule has 0 spiro atoms. The molecule has 128 valence electrons. The van der Waals surface area contributed by atoms with Crippen LogP contribution in [0.1, 0.15) is 18.1 Å². The Morgan fingerprint density at radius 1 is 1.48 bits per heavy atom. The molecule has 0 aromatic heterocycles. The van der Waals surface area contributed by atoms with Crippen molar-refractivity contribution >= 4 is 5.96 Å². The Bertz CT molecular complexity index is 552. The van der Waals surface area contributed by atoms with Crippen molar-refractivity contribution in [1.82, 2.24) is 10.6 Å². The van der Waals surface area contributed by atoms with Gasteiger partial charge >= 0.3 is 0 Å². The summed E-state index contributed by atoms with van der Waals surface area (Å²) in [6.07, 6.45) is 0.624. The van der Waals surface area contributed by atoms with Crippen molar-refractivity contribution in [3.63, 3.8) is 0 Å². The quantitative estimate of drug-likeness (QED) is 0.612. The summed E-state index contributed by atoms with van der Waals surface area (Å²) in [4.78, 5) is 4.16. The van der Waals surface area contributed by atoms with Gasteiger partial charge in [0.1, 0.15) is 11.6 Å². The van der Waals surface area contributed by atoms with E-state index in [9.17, 15) is 4.39 Å². The van der Waals surface area contributed by atoms with E-state index in [4.69, 9.17) is 14.2 Å². The molecular weight excluding hydrogens is 301 g/mol. The summed E-state index contributed by atoms with van der Waals surface area (Å²) in [5.41, 5.74) is 1.58. The van der Waals surface area contributed by atoms with Crippen LogP contribution in [0.4, 0.5) is 4.39 Å². The Hall–Kier alpha value is -1.86. The van der Waals surface area contributed by atoms with Gasteiger partial charge < -0.3 is 24.8 Å². The first-order chi connectivity index (χ1) is 11.1. The van der Waals surface area contributed by atoms with E-state index in [2.05, 4.69) is 15.6 Å². The van der Waals surface area contributed by atoms with Crippen LogP contribution < -0.4 is 15.4 Å². The van der Waals surface area contributed by atoms with Gasteiger partial charge in [0, 0.05) is 32.3 Å². The number of rotatable bonds is 6. The molecule has 0 aliphatic carbocycles. The van der Waals surface area contributed by atoms with E-state index in [1.165, 1.54) is 12.1 Å². The van der Waals surface area contributed by atoms with Crippen molar-refractivity contribution < 1.29 is 18.6 Å². The average Bonchev–Trinajstić information content (AvgIpc) is 2.53. The molecule has 0 bridgehead atoms. The highest BCUT2D eigenvalue weighted by atomic mass is 19.1. The van der Waals surface area contributed by atoms with Gasteiger partial charge in [-0.1, -0.05) is 0 Å². The number of hydrogen-bond donors (Lipinski definition) is 2. The first-order valence-electron chi connectivity index (χ1n) is 7.62. The van der Waals surface area contributed by atoms with Crippen molar-refractivity contribution in [2.24, 2.45) is 4.99 Å². The lowest BCUT2D eigenvalue weighted by Crippen LogP contribution is -2.44. The predicted molar refractivity (Wildman–Crippen MR) is 86.2 cm³/mol. The van der Waals surface area contributed by atoms with E-state index in [1.54, 1.807) is 14.2 Å². The first kappa shape index (κ1) is 17.5. The Balaban J connectivity index is 1.92. The third-order valence-electron chi connectivity index (χ3n) is 3.46. The fourth-order valence-corrected chi connectivity index (χ4v) is 2.48. The Morgan fingerprint density at radius 3 is 3.04 bits per heavy atom. The molecule has 2 N–H and O–H groups in total. The number of methoxy groups -OCH3 is 1. The summed E-state index contributed by atoms with van der Waals surface area (Å²) >= 11 is 0. The predicted octanol–water partition coefficient (Wildman–Crippen LogP) is 1.43. The second kappa shape index (κ2) is 8.69. The number of nitrogens with one attached hydrogen (secondary N) is 2. The van der Waals surface area contributed by atoms with E-state index in [-0.39, 0.29) is 18.7 Å². The van der Waals surface area contributed by atoms with Gasteiger partial charge in [-0.05, 0) is 31.0 Å². The molecule has 0 radical (unpaired) electrons. The molecule has 0 fully saturated rings. The molecule has 2 rings (SSSR count). The normalized spacial score (nSPS) is 15.6. The Morgan fingerprint density at radius 2 is 2.30 bits per heavy atom. The first-order valence-corrected chi connectivity index (χ1v) is 7.62. The maximum atomic E-state index is 13.7. The van der Waals surface area contributed by atoms with Gasteiger partial charge in [0.15, 0.2) is 12.8 Å². The standard InChI is InChI=1S/C16H24FN3O3/c1-11(8-21-3)20-16(18-2)19-5-4-12-6-14(17)7-13-9-22-10-23-15(12)13/h6-7,11H,4-5,8-10H2,1-3H3,(H2,18,19,20). The number of fused-ring (bicyclic) bond motifs is 1. The summed E-state index contributed by atoms with van der Waals surface area (Å²) in [5.74, 6) is 1.14. The van der Waals surface area contributed by atoms with Crippen LogP contribution in [-0.2, 0) is 22.5 Å². The van der Waals surface area contributed by atoms with Crippen molar-refractivity contribution in [3.8, 4) is 5.75 Å². The van der Waals surface area contributed by atoms with Gasteiger partial charge in [-0.2, -0.15) is 0 Å². The summed E-state index contributed by atoms with van der Waals surface area (Å²) in [7, 11) is 3.37. The number of ether oxygens (including phenoxy) is 3. The lowest BCUT2D eigenvalue weighted by molar-refractivity contribution is -0.0172. The van der Waals surface area contributed by atoms with Crippen LogP contribution >= 0.6 is 0 Å². The zero-order valence-electron chi connectivity index (χ0n) is 13.8. The lowest BCUT2D eigenvalue weighted by Gasteiger charge is -2.21. The van der Waals surface area contributed by atoms with Crippen LogP contribution in [-0.4, -0.2) is 46.1 Å². The average molecular weight is 325 g/mol. The molecule has 0 saturated carbocycles. The van der Waals surface area contributed by atoms with Crippen LogP contribution in [0.15, 0.2) is 17.1 Å². The number of benzene rings is 1. The highest BCUT2D eigenvalue weighted by Gasteiger charge is 2.16. The molecule has 1 aromatic carbocycles. The van der Waals surface area contributed by atoms with Crippen LogP contribution in [0.5, 0.6) is 5.75 Å². The highest BCUT2D eigenvalue weighted by molar-refractivity contribution is 5.79. The largest absolute Gasteiger partial charge is 0.467 e. The zero-order chi connectivity index (χ0) is 16.7. The van der Waals surface area contributed by atoms with Gasteiger partial charge in [-0.3, -0.25) is 4.99 Å². The van der Waals surface area contributed by atoms with E-state index in [1.807, 2.05) is 6.92 Å². The fourth-order valence-electron chi connectivity index (χ4n) is 2.48. The van der Waals surface area contributed by atoms with Crippen LogP contribution in [0.25, 0.3) is 0 Å². The molecule has 1 aliphatic heterocycles. The molecule has 7 heteroatoms. The topological polar surface area (TPSA) is 64.1 Å². The molecule has 1 aliphatic rings. The van der Waals surface area contributed by atoms with Crippen molar-refractivity contribution in [2.45, 2.75) is 26.0 Å². The highest BCUT2D eigenvalue weighted by Crippen LogP contribution is 2.29. The van der Waals surface area contributed by atoms with Crippen molar-refractivity contribution in [2.75, 3.05) is 34.1 Å². The number of aliphatic imine (C=N–C) groups is 1. The van der Waals surface area contributed by atoms with Crippen molar-refractivity contribution in [1.29, 1.82) is 0 Å². The van der Waals surface area contributed by atoms with Gasteiger partial charge in [-0.25, -0.2) is 4.39 Å². The molecule has 1 aromatic rings. The minimum atomic E-state index is -0.274. The molecule has 23 heavy (non-hydrogen) atoms. The number of nitrogens with zero attached hydrogens (tertiary/aromatic N) is 1. The Kier molecular flexibility index (Phi) is 6.61. The van der Waals surface area contributed by atoms with Gasteiger partial charge in [-0.15, -0.1) is 0 Å². The molecular formula is C16H24FN3O3. The summed E-state index contributed by atoms with van der Waals surface area (Å²) < 4.78 is 29.5. The maximum Gasteiger partial charge on any atom is 0.191 e. The number of guanidine groups is 1. The molecule has 0 amide bonds. The molecule has 0 saturated heterocycles. The van der Waals surface area contributed by atoms with Crippen LogP contribution in [0, 0.1) is 5.82 Å².